The normalized spacial score (nSPS) is 22.3. The first-order valence-corrected chi connectivity index (χ1v) is 7.97. The molecule has 0 amide bonds. The maximum absolute atomic E-state index is 5.42. The fourth-order valence-corrected chi connectivity index (χ4v) is 3.41. The van der Waals surface area contributed by atoms with Crippen molar-refractivity contribution < 1.29 is 4.52 Å². The van der Waals surface area contributed by atoms with E-state index in [2.05, 4.69) is 53.6 Å². The molecule has 0 saturated carbocycles. The number of rotatable bonds is 4. The average Bonchev–Trinajstić information content (AvgIpc) is 3.06. The molecule has 1 aliphatic heterocycles. The van der Waals surface area contributed by atoms with Crippen LogP contribution in [-0.2, 0) is 5.75 Å². The first kappa shape index (κ1) is 13.6. The number of nitrogens with one attached hydrogen (secondary N) is 1. The van der Waals surface area contributed by atoms with Crippen LogP contribution in [0.3, 0.4) is 0 Å². The highest BCUT2D eigenvalue weighted by Crippen LogP contribution is 2.28. The molecule has 2 aromatic rings. The zero-order valence-electron chi connectivity index (χ0n) is 11.8. The largest absolute Gasteiger partial charge is 0.339 e. The lowest BCUT2D eigenvalue weighted by molar-refractivity contribution is 0.342. The maximum atomic E-state index is 5.42. The van der Waals surface area contributed by atoms with Crippen LogP contribution in [0.15, 0.2) is 33.7 Å². The summed E-state index contributed by atoms with van der Waals surface area (Å²) < 4.78 is 5.42. The van der Waals surface area contributed by atoms with Gasteiger partial charge in [0.05, 0.1) is 11.7 Å². The van der Waals surface area contributed by atoms with Crippen LogP contribution in [0.25, 0.3) is 0 Å². The van der Waals surface area contributed by atoms with Crippen LogP contribution >= 0.6 is 11.8 Å². The summed E-state index contributed by atoms with van der Waals surface area (Å²) in [6.45, 7) is 5.32. The molecule has 1 N–H and O–H groups in total. The van der Waals surface area contributed by atoms with Crippen LogP contribution in [0.2, 0.25) is 0 Å². The van der Waals surface area contributed by atoms with Crippen LogP contribution in [0.5, 0.6) is 0 Å². The Hall–Kier alpha value is -1.33. The zero-order chi connectivity index (χ0) is 13.9. The van der Waals surface area contributed by atoms with Gasteiger partial charge in [0.2, 0.25) is 5.89 Å². The Balaban J connectivity index is 1.64. The van der Waals surface area contributed by atoms with Crippen molar-refractivity contribution >= 4 is 11.8 Å². The third kappa shape index (κ3) is 2.88. The van der Waals surface area contributed by atoms with E-state index in [4.69, 9.17) is 4.52 Å². The van der Waals surface area contributed by atoms with Crippen molar-refractivity contribution in [1.29, 1.82) is 0 Å². The monoisotopic (exact) mass is 289 g/mol. The predicted octanol–water partition coefficient (Wildman–Crippen LogP) is 3.14. The molecule has 1 saturated heterocycles. The molecule has 2 atom stereocenters. The summed E-state index contributed by atoms with van der Waals surface area (Å²) >= 11 is 1.76. The number of benzene rings is 1. The second kappa shape index (κ2) is 5.97. The van der Waals surface area contributed by atoms with Gasteiger partial charge < -0.3 is 9.84 Å². The summed E-state index contributed by atoms with van der Waals surface area (Å²) in [4.78, 5) is 5.82. The van der Waals surface area contributed by atoms with Crippen molar-refractivity contribution in [3.63, 3.8) is 0 Å². The first-order chi connectivity index (χ1) is 9.74. The van der Waals surface area contributed by atoms with Crippen LogP contribution in [0.4, 0.5) is 0 Å². The van der Waals surface area contributed by atoms with E-state index >= 15 is 0 Å². The molecule has 1 aromatic heterocycles. The number of nitrogens with zero attached hydrogens (tertiary/aromatic N) is 2. The molecule has 1 aromatic carbocycles. The summed E-state index contributed by atoms with van der Waals surface area (Å²) in [6, 6.07) is 8.79. The molecule has 4 nitrogen and oxygen atoms in total. The zero-order valence-corrected chi connectivity index (χ0v) is 12.6. The van der Waals surface area contributed by atoms with Gasteiger partial charge in [-0.25, -0.2) is 0 Å². The Morgan fingerprint density at radius 1 is 1.40 bits per heavy atom. The molecule has 1 fully saturated rings. The van der Waals surface area contributed by atoms with Crippen molar-refractivity contribution in [2.45, 2.75) is 42.9 Å². The summed E-state index contributed by atoms with van der Waals surface area (Å²) in [5, 5.41) is 7.51. The lowest BCUT2D eigenvalue weighted by Crippen LogP contribution is -2.21. The highest BCUT2D eigenvalue weighted by Gasteiger charge is 2.29. The van der Waals surface area contributed by atoms with Gasteiger partial charge >= 0.3 is 0 Å². The van der Waals surface area contributed by atoms with E-state index in [1.807, 2.05) is 0 Å². The summed E-state index contributed by atoms with van der Waals surface area (Å²) in [6.07, 6.45) is 1.08. The molecular formula is C15H19N3OS. The Bertz CT molecular complexity index is 584. The molecule has 5 heteroatoms. The smallest absolute Gasteiger partial charge is 0.231 e. The molecule has 0 bridgehead atoms. The van der Waals surface area contributed by atoms with Gasteiger partial charge in [0, 0.05) is 10.9 Å². The summed E-state index contributed by atoms with van der Waals surface area (Å²) in [5.41, 5.74) is 1.29. The molecule has 2 unspecified atom stereocenters. The molecule has 1 aliphatic rings. The molecule has 20 heavy (non-hydrogen) atoms. The lowest BCUT2D eigenvalue weighted by atomic mass is 10.0. The number of aryl methyl sites for hydroxylation is 1. The second-order valence-corrected chi connectivity index (χ2v) is 6.26. The highest BCUT2D eigenvalue weighted by molar-refractivity contribution is 7.98. The Morgan fingerprint density at radius 3 is 3.00 bits per heavy atom. The van der Waals surface area contributed by atoms with E-state index in [1.165, 1.54) is 10.5 Å². The number of thioether (sulfide) groups is 1. The van der Waals surface area contributed by atoms with E-state index in [0.717, 1.165) is 30.4 Å². The summed E-state index contributed by atoms with van der Waals surface area (Å²) in [5.74, 6) is 2.68. The number of hydrogen-bond donors (Lipinski definition) is 1. The van der Waals surface area contributed by atoms with Crippen molar-refractivity contribution in [3.05, 3.63) is 41.5 Å². The van der Waals surface area contributed by atoms with Crippen LogP contribution in [0.1, 0.15) is 36.5 Å². The lowest BCUT2D eigenvalue weighted by Gasteiger charge is -2.08. The predicted molar refractivity (Wildman–Crippen MR) is 79.9 cm³/mol. The van der Waals surface area contributed by atoms with Gasteiger partial charge in [-0.2, -0.15) is 4.98 Å². The fraction of sp³-hybridized carbons (Fsp3) is 0.467. The third-order valence-electron chi connectivity index (χ3n) is 3.78. The molecular weight excluding hydrogens is 270 g/mol. The van der Waals surface area contributed by atoms with E-state index in [1.54, 1.807) is 11.8 Å². The molecule has 0 aliphatic carbocycles. The Morgan fingerprint density at radius 2 is 2.25 bits per heavy atom. The minimum absolute atomic E-state index is 0.361. The van der Waals surface area contributed by atoms with Gasteiger partial charge in [0.15, 0.2) is 5.82 Å². The van der Waals surface area contributed by atoms with Gasteiger partial charge in [-0.15, -0.1) is 11.8 Å². The van der Waals surface area contributed by atoms with Crippen LogP contribution < -0.4 is 5.32 Å². The third-order valence-corrected chi connectivity index (χ3v) is 4.95. The molecule has 0 spiro atoms. The van der Waals surface area contributed by atoms with Crippen molar-refractivity contribution in [2.75, 3.05) is 6.54 Å². The summed E-state index contributed by atoms with van der Waals surface area (Å²) in [7, 11) is 0. The van der Waals surface area contributed by atoms with Crippen molar-refractivity contribution in [3.8, 4) is 0 Å². The highest BCUT2D eigenvalue weighted by atomic mass is 32.2. The maximum Gasteiger partial charge on any atom is 0.231 e. The molecule has 2 heterocycles. The van der Waals surface area contributed by atoms with E-state index < -0.39 is 0 Å². The van der Waals surface area contributed by atoms with Gasteiger partial charge in [0.25, 0.3) is 0 Å². The van der Waals surface area contributed by atoms with Crippen LogP contribution in [-0.4, -0.2) is 22.7 Å². The molecule has 106 valence electrons. The Kier molecular flexibility index (Phi) is 4.08. The molecule has 3 rings (SSSR count). The quantitative estimate of drug-likeness (QED) is 0.876. The van der Waals surface area contributed by atoms with Gasteiger partial charge in [-0.3, -0.25) is 0 Å². The van der Waals surface area contributed by atoms with Gasteiger partial charge in [-0.1, -0.05) is 23.4 Å². The topological polar surface area (TPSA) is 51.0 Å². The number of hydrogen-bond acceptors (Lipinski definition) is 5. The van der Waals surface area contributed by atoms with E-state index in [9.17, 15) is 0 Å². The van der Waals surface area contributed by atoms with Gasteiger partial charge in [0.1, 0.15) is 0 Å². The second-order valence-electron chi connectivity index (χ2n) is 5.24. The number of aromatic nitrogens is 2. The van der Waals surface area contributed by atoms with E-state index in [-0.39, 0.29) is 0 Å². The first-order valence-electron chi connectivity index (χ1n) is 6.98. The minimum Gasteiger partial charge on any atom is -0.339 e. The Labute approximate surface area is 123 Å². The van der Waals surface area contributed by atoms with Gasteiger partial charge in [-0.05, 0) is 38.4 Å². The SMILES string of the molecule is Cc1ccccc1SCc1noc(C2CCNC2C)n1. The van der Waals surface area contributed by atoms with Crippen molar-refractivity contribution in [2.24, 2.45) is 0 Å². The average molecular weight is 289 g/mol. The standard InChI is InChI=1S/C15H19N3OS/c1-10-5-3-4-6-13(10)20-9-14-17-15(19-18-14)12-7-8-16-11(12)2/h3-6,11-12,16H,7-9H2,1-2H3. The minimum atomic E-state index is 0.361. The van der Waals surface area contributed by atoms with Crippen LogP contribution in [0, 0.1) is 6.92 Å². The van der Waals surface area contributed by atoms with E-state index in [0.29, 0.717) is 12.0 Å². The van der Waals surface area contributed by atoms with Crippen molar-refractivity contribution in [1.82, 2.24) is 15.5 Å². The molecule has 0 radical (unpaired) electrons. The fourth-order valence-electron chi connectivity index (χ4n) is 2.53.